The molecule has 1 aromatic carbocycles. The lowest BCUT2D eigenvalue weighted by molar-refractivity contribution is -0.138. The van der Waals surface area contributed by atoms with Crippen molar-refractivity contribution in [3.8, 4) is 11.5 Å². The number of carbonyl (C=O) groups is 1. The third kappa shape index (κ3) is 3.86. The van der Waals surface area contributed by atoms with E-state index in [0.717, 1.165) is 12.0 Å². The highest BCUT2D eigenvalue weighted by Crippen LogP contribution is 2.33. The summed E-state index contributed by atoms with van der Waals surface area (Å²) in [6.07, 6.45) is 1.22. The van der Waals surface area contributed by atoms with Crippen LogP contribution in [0.4, 0.5) is 0 Å². The van der Waals surface area contributed by atoms with Gasteiger partial charge >= 0.3 is 5.97 Å². The van der Waals surface area contributed by atoms with E-state index in [1.54, 1.807) is 14.2 Å². The van der Waals surface area contributed by atoms with Crippen molar-refractivity contribution in [1.82, 2.24) is 0 Å². The molecule has 19 heavy (non-hydrogen) atoms. The minimum absolute atomic E-state index is 0.0888. The van der Waals surface area contributed by atoms with Gasteiger partial charge < -0.3 is 20.3 Å². The molecule has 0 aliphatic carbocycles. The van der Waals surface area contributed by atoms with Gasteiger partial charge in [0.05, 0.1) is 14.2 Å². The zero-order valence-electron chi connectivity index (χ0n) is 11.6. The maximum absolute atomic E-state index is 10.8. The van der Waals surface area contributed by atoms with Gasteiger partial charge in [0, 0.05) is 0 Å². The fourth-order valence-electron chi connectivity index (χ4n) is 2.05. The Hall–Kier alpha value is -1.75. The standard InChI is InChI=1S/C14H21NO4/c1-4-9(7-11(15)14(16)17)10-5-6-12(18-2)13(8-10)19-3/h5-6,8-9,11H,4,7,15H2,1-3H3,(H,16,17). The third-order valence-electron chi connectivity index (χ3n) is 3.23. The zero-order chi connectivity index (χ0) is 14.4. The van der Waals surface area contributed by atoms with E-state index in [1.807, 2.05) is 25.1 Å². The van der Waals surface area contributed by atoms with Crippen molar-refractivity contribution in [2.24, 2.45) is 5.73 Å². The molecule has 5 heteroatoms. The van der Waals surface area contributed by atoms with Crippen LogP contribution in [-0.2, 0) is 4.79 Å². The van der Waals surface area contributed by atoms with Crippen molar-refractivity contribution in [3.63, 3.8) is 0 Å². The predicted molar refractivity (Wildman–Crippen MR) is 72.8 cm³/mol. The van der Waals surface area contributed by atoms with E-state index in [1.165, 1.54) is 0 Å². The van der Waals surface area contributed by atoms with Gasteiger partial charge in [0.1, 0.15) is 6.04 Å². The molecule has 5 nitrogen and oxygen atoms in total. The topological polar surface area (TPSA) is 81.8 Å². The first-order valence-corrected chi connectivity index (χ1v) is 6.23. The van der Waals surface area contributed by atoms with Crippen LogP contribution < -0.4 is 15.2 Å². The number of hydrogen-bond donors (Lipinski definition) is 2. The Morgan fingerprint density at radius 3 is 2.42 bits per heavy atom. The number of rotatable bonds is 7. The van der Waals surface area contributed by atoms with Crippen LogP contribution in [0.1, 0.15) is 31.2 Å². The molecule has 0 aliphatic rings. The van der Waals surface area contributed by atoms with E-state index in [9.17, 15) is 4.79 Å². The fraction of sp³-hybridized carbons (Fsp3) is 0.500. The van der Waals surface area contributed by atoms with Crippen LogP contribution in [0.2, 0.25) is 0 Å². The molecule has 0 spiro atoms. The van der Waals surface area contributed by atoms with Crippen LogP contribution >= 0.6 is 0 Å². The highest BCUT2D eigenvalue weighted by atomic mass is 16.5. The molecule has 0 fully saturated rings. The van der Waals surface area contributed by atoms with E-state index < -0.39 is 12.0 Å². The summed E-state index contributed by atoms with van der Waals surface area (Å²) in [6, 6.07) is 4.77. The van der Waals surface area contributed by atoms with E-state index in [-0.39, 0.29) is 5.92 Å². The van der Waals surface area contributed by atoms with E-state index in [0.29, 0.717) is 17.9 Å². The summed E-state index contributed by atoms with van der Waals surface area (Å²) in [5.74, 6) is 0.413. The minimum Gasteiger partial charge on any atom is -0.493 e. The van der Waals surface area contributed by atoms with Crippen molar-refractivity contribution >= 4 is 5.97 Å². The Bertz CT molecular complexity index is 433. The number of nitrogens with two attached hydrogens (primary N) is 1. The van der Waals surface area contributed by atoms with Gasteiger partial charge in [-0.1, -0.05) is 13.0 Å². The lowest BCUT2D eigenvalue weighted by Crippen LogP contribution is -2.31. The summed E-state index contributed by atoms with van der Waals surface area (Å²) in [5.41, 5.74) is 6.61. The first-order valence-electron chi connectivity index (χ1n) is 6.23. The van der Waals surface area contributed by atoms with Crippen LogP contribution in [0, 0.1) is 0 Å². The quantitative estimate of drug-likeness (QED) is 0.789. The van der Waals surface area contributed by atoms with Crippen molar-refractivity contribution in [3.05, 3.63) is 23.8 Å². The number of benzene rings is 1. The summed E-state index contributed by atoms with van der Waals surface area (Å²) < 4.78 is 10.4. The molecular weight excluding hydrogens is 246 g/mol. The number of hydrogen-bond acceptors (Lipinski definition) is 4. The van der Waals surface area contributed by atoms with Crippen LogP contribution in [-0.4, -0.2) is 31.3 Å². The van der Waals surface area contributed by atoms with Gasteiger partial charge in [-0.25, -0.2) is 0 Å². The van der Waals surface area contributed by atoms with E-state index >= 15 is 0 Å². The summed E-state index contributed by atoms with van der Waals surface area (Å²) in [6.45, 7) is 2.01. The number of carboxylic acid groups (broad SMARTS) is 1. The summed E-state index contributed by atoms with van der Waals surface area (Å²) >= 11 is 0. The number of carboxylic acids is 1. The van der Waals surface area contributed by atoms with Crippen molar-refractivity contribution in [2.75, 3.05) is 14.2 Å². The molecule has 0 aromatic heterocycles. The number of aliphatic carboxylic acids is 1. The van der Waals surface area contributed by atoms with Crippen LogP contribution in [0.3, 0.4) is 0 Å². The lowest BCUT2D eigenvalue weighted by atomic mass is 9.90. The Labute approximate surface area is 113 Å². The first-order chi connectivity index (χ1) is 9.03. The summed E-state index contributed by atoms with van der Waals surface area (Å²) in [4.78, 5) is 10.8. The summed E-state index contributed by atoms with van der Waals surface area (Å²) in [5, 5.41) is 8.89. The molecular formula is C14H21NO4. The molecule has 0 saturated carbocycles. The Morgan fingerprint density at radius 2 is 1.95 bits per heavy atom. The molecule has 2 atom stereocenters. The second kappa shape index (κ2) is 6.99. The number of ether oxygens (including phenoxy) is 2. The molecule has 0 radical (unpaired) electrons. The molecule has 0 bridgehead atoms. The average Bonchev–Trinajstić information content (AvgIpc) is 2.43. The van der Waals surface area contributed by atoms with E-state index in [2.05, 4.69) is 0 Å². The normalized spacial score (nSPS) is 13.7. The molecule has 2 unspecified atom stereocenters. The molecule has 3 N–H and O–H groups in total. The highest BCUT2D eigenvalue weighted by molar-refractivity contribution is 5.73. The van der Waals surface area contributed by atoms with Crippen LogP contribution in [0.5, 0.6) is 11.5 Å². The molecule has 0 amide bonds. The van der Waals surface area contributed by atoms with Crippen LogP contribution in [0.15, 0.2) is 18.2 Å². The molecule has 0 aliphatic heterocycles. The second-order valence-electron chi connectivity index (χ2n) is 4.40. The van der Waals surface area contributed by atoms with Crippen molar-refractivity contribution < 1.29 is 19.4 Å². The highest BCUT2D eigenvalue weighted by Gasteiger charge is 2.20. The minimum atomic E-state index is -0.973. The monoisotopic (exact) mass is 267 g/mol. The maximum Gasteiger partial charge on any atom is 0.320 e. The predicted octanol–water partition coefficient (Wildman–Crippen LogP) is 2.00. The largest absolute Gasteiger partial charge is 0.493 e. The van der Waals surface area contributed by atoms with Gasteiger partial charge in [-0.15, -0.1) is 0 Å². The molecule has 1 rings (SSSR count). The van der Waals surface area contributed by atoms with Gasteiger partial charge in [0.25, 0.3) is 0 Å². The molecule has 0 heterocycles. The molecule has 0 saturated heterocycles. The average molecular weight is 267 g/mol. The molecule has 106 valence electrons. The van der Waals surface area contributed by atoms with Gasteiger partial charge in [-0.05, 0) is 36.5 Å². The van der Waals surface area contributed by atoms with Crippen molar-refractivity contribution in [1.29, 1.82) is 0 Å². The smallest absolute Gasteiger partial charge is 0.320 e. The lowest BCUT2D eigenvalue weighted by Gasteiger charge is -2.19. The van der Waals surface area contributed by atoms with Gasteiger partial charge in [0.2, 0.25) is 0 Å². The second-order valence-corrected chi connectivity index (χ2v) is 4.40. The molecule has 1 aromatic rings. The number of methoxy groups -OCH3 is 2. The maximum atomic E-state index is 10.8. The summed E-state index contributed by atoms with van der Waals surface area (Å²) in [7, 11) is 3.15. The Kier molecular flexibility index (Phi) is 5.63. The van der Waals surface area contributed by atoms with Crippen LogP contribution in [0.25, 0.3) is 0 Å². The van der Waals surface area contributed by atoms with Gasteiger partial charge in [-0.3, -0.25) is 4.79 Å². The SMILES string of the molecule is CCC(CC(N)C(=O)O)c1ccc(OC)c(OC)c1. The van der Waals surface area contributed by atoms with Crippen molar-refractivity contribution in [2.45, 2.75) is 31.7 Å². The Morgan fingerprint density at radius 1 is 1.32 bits per heavy atom. The zero-order valence-corrected chi connectivity index (χ0v) is 11.6. The fourth-order valence-corrected chi connectivity index (χ4v) is 2.05. The van der Waals surface area contributed by atoms with E-state index in [4.69, 9.17) is 20.3 Å². The third-order valence-corrected chi connectivity index (χ3v) is 3.23. The van der Waals surface area contributed by atoms with Gasteiger partial charge in [-0.2, -0.15) is 0 Å². The first kappa shape index (κ1) is 15.3. The Balaban J connectivity index is 2.95. The van der Waals surface area contributed by atoms with Gasteiger partial charge in [0.15, 0.2) is 11.5 Å².